The molecule has 20 heavy (non-hydrogen) atoms. The van der Waals surface area contributed by atoms with Crippen molar-refractivity contribution in [3.8, 4) is 11.5 Å². The molecule has 1 heterocycles. The topological polar surface area (TPSA) is 90.7 Å². The lowest BCUT2D eigenvalue weighted by Gasteiger charge is -2.11. The summed E-state index contributed by atoms with van der Waals surface area (Å²) in [6.45, 7) is 0.943. The predicted octanol–water partition coefficient (Wildman–Crippen LogP) is 2.10. The average molecular weight is 278 g/mol. The molecule has 1 fully saturated rings. The molecule has 3 rings (SSSR count). The number of nitrogens with zero attached hydrogens (tertiary/aromatic N) is 1. The van der Waals surface area contributed by atoms with Gasteiger partial charge in [0.1, 0.15) is 5.69 Å². The van der Waals surface area contributed by atoms with Crippen molar-refractivity contribution in [3.05, 3.63) is 22.2 Å². The predicted molar refractivity (Wildman–Crippen MR) is 70.1 cm³/mol. The molecular weight excluding hydrogens is 264 g/mol. The summed E-state index contributed by atoms with van der Waals surface area (Å²) in [6.07, 6.45) is 2.39. The molecule has 1 aromatic rings. The number of hydrogen-bond acceptors (Lipinski definition) is 5. The number of carbonyl (C=O) groups is 1. The molecule has 0 radical (unpaired) electrons. The van der Waals surface area contributed by atoms with Crippen molar-refractivity contribution in [2.24, 2.45) is 5.92 Å². The molecule has 1 aliphatic heterocycles. The Kier molecular flexibility index (Phi) is 3.17. The Morgan fingerprint density at radius 3 is 2.50 bits per heavy atom. The van der Waals surface area contributed by atoms with Crippen molar-refractivity contribution >= 4 is 17.3 Å². The van der Waals surface area contributed by atoms with Gasteiger partial charge in [0.05, 0.1) is 24.2 Å². The second-order valence-corrected chi connectivity index (χ2v) is 4.89. The number of amides is 1. The fraction of sp³-hybridized carbons (Fsp3) is 0.462. The quantitative estimate of drug-likeness (QED) is 0.675. The highest BCUT2D eigenvalue weighted by Crippen LogP contribution is 2.40. The molecule has 7 nitrogen and oxygen atoms in total. The Morgan fingerprint density at radius 2 is 1.90 bits per heavy atom. The summed E-state index contributed by atoms with van der Waals surface area (Å²) in [5, 5.41) is 13.7. The van der Waals surface area contributed by atoms with Gasteiger partial charge in [-0.2, -0.15) is 0 Å². The molecule has 1 N–H and O–H groups in total. The third-order valence-corrected chi connectivity index (χ3v) is 3.27. The molecular formula is C13H14N2O5. The largest absolute Gasteiger partial charge is 0.489 e. The lowest BCUT2D eigenvalue weighted by molar-refractivity contribution is -0.384. The van der Waals surface area contributed by atoms with Crippen LogP contribution in [0.4, 0.5) is 11.4 Å². The van der Waals surface area contributed by atoms with Crippen LogP contribution in [0.5, 0.6) is 11.5 Å². The Bertz CT molecular complexity index is 568. The molecule has 0 atom stereocenters. The molecule has 1 aliphatic carbocycles. The molecule has 0 aromatic heterocycles. The number of rotatable bonds is 3. The van der Waals surface area contributed by atoms with Crippen LogP contribution in [0.25, 0.3) is 0 Å². The van der Waals surface area contributed by atoms with Crippen molar-refractivity contribution < 1.29 is 19.2 Å². The zero-order valence-electron chi connectivity index (χ0n) is 10.8. The van der Waals surface area contributed by atoms with Gasteiger partial charge in [0.15, 0.2) is 11.5 Å². The highest BCUT2D eigenvalue weighted by atomic mass is 16.6. The zero-order chi connectivity index (χ0) is 14.1. The Balaban J connectivity index is 1.95. The van der Waals surface area contributed by atoms with Crippen LogP contribution in [-0.4, -0.2) is 24.0 Å². The molecule has 1 saturated carbocycles. The van der Waals surface area contributed by atoms with E-state index in [1.54, 1.807) is 0 Å². The first-order valence-electron chi connectivity index (χ1n) is 6.54. The van der Waals surface area contributed by atoms with Gasteiger partial charge in [-0.3, -0.25) is 14.9 Å². The van der Waals surface area contributed by atoms with E-state index in [1.165, 1.54) is 12.1 Å². The third-order valence-electron chi connectivity index (χ3n) is 3.27. The van der Waals surface area contributed by atoms with Crippen LogP contribution in [0.15, 0.2) is 12.1 Å². The van der Waals surface area contributed by atoms with Gasteiger partial charge >= 0.3 is 0 Å². The number of carbonyl (C=O) groups excluding carboxylic acids is 1. The molecule has 7 heteroatoms. The summed E-state index contributed by atoms with van der Waals surface area (Å²) >= 11 is 0. The van der Waals surface area contributed by atoms with Gasteiger partial charge in [-0.1, -0.05) is 0 Å². The second kappa shape index (κ2) is 4.99. The molecule has 0 unspecified atom stereocenters. The number of ether oxygens (including phenoxy) is 2. The van der Waals surface area contributed by atoms with E-state index in [4.69, 9.17) is 9.47 Å². The summed E-state index contributed by atoms with van der Waals surface area (Å²) in [7, 11) is 0. The summed E-state index contributed by atoms with van der Waals surface area (Å²) in [6, 6.07) is 2.78. The normalized spacial score (nSPS) is 17.2. The fourth-order valence-electron chi connectivity index (χ4n) is 2.03. The average Bonchev–Trinajstić information content (AvgIpc) is 3.24. The van der Waals surface area contributed by atoms with Gasteiger partial charge in [0.25, 0.3) is 5.69 Å². The zero-order valence-corrected chi connectivity index (χ0v) is 10.8. The van der Waals surface area contributed by atoms with Gasteiger partial charge in [0, 0.05) is 18.4 Å². The summed E-state index contributed by atoms with van der Waals surface area (Å²) < 4.78 is 10.9. The fourth-order valence-corrected chi connectivity index (χ4v) is 2.03. The molecule has 106 valence electrons. The molecule has 1 aromatic carbocycles. The lowest BCUT2D eigenvalue weighted by atomic mass is 10.2. The molecule has 1 amide bonds. The number of hydrogen-bond donors (Lipinski definition) is 1. The SMILES string of the molecule is O=C(Nc1cc2c(cc1[N+](=O)[O-])OCCCO2)C1CC1. The van der Waals surface area contributed by atoms with Gasteiger partial charge in [-0.25, -0.2) is 0 Å². The minimum Gasteiger partial charge on any atom is -0.489 e. The van der Waals surface area contributed by atoms with E-state index in [0.29, 0.717) is 31.1 Å². The number of benzene rings is 1. The van der Waals surface area contributed by atoms with Crippen molar-refractivity contribution in [2.75, 3.05) is 18.5 Å². The first-order chi connectivity index (χ1) is 9.65. The Labute approximate surface area is 115 Å². The highest BCUT2D eigenvalue weighted by Gasteiger charge is 2.31. The second-order valence-electron chi connectivity index (χ2n) is 4.89. The number of anilines is 1. The van der Waals surface area contributed by atoms with Crippen LogP contribution in [-0.2, 0) is 4.79 Å². The number of fused-ring (bicyclic) bond motifs is 1. The smallest absolute Gasteiger partial charge is 0.296 e. The van der Waals surface area contributed by atoms with Crippen LogP contribution in [0.3, 0.4) is 0 Å². The van der Waals surface area contributed by atoms with Crippen LogP contribution in [0.2, 0.25) is 0 Å². The standard InChI is InChI=1S/C13H14N2O5/c16-13(8-2-3-8)14-9-6-11-12(7-10(9)15(17)18)20-5-1-4-19-11/h6-8H,1-5H2,(H,14,16). The summed E-state index contributed by atoms with van der Waals surface area (Å²) in [4.78, 5) is 22.4. The third kappa shape index (κ3) is 2.52. The maximum absolute atomic E-state index is 11.8. The molecule has 0 spiro atoms. The minimum absolute atomic E-state index is 0.0226. The van der Waals surface area contributed by atoms with Gasteiger partial charge in [-0.15, -0.1) is 0 Å². The van der Waals surface area contributed by atoms with Crippen molar-refractivity contribution in [2.45, 2.75) is 19.3 Å². The van der Waals surface area contributed by atoms with Crippen molar-refractivity contribution in [1.29, 1.82) is 0 Å². The Morgan fingerprint density at radius 1 is 1.25 bits per heavy atom. The Hall–Kier alpha value is -2.31. The van der Waals surface area contributed by atoms with Crippen LogP contribution in [0, 0.1) is 16.0 Å². The van der Waals surface area contributed by atoms with E-state index in [9.17, 15) is 14.9 Å². The number of nitro groups is 1. The van der Waals surface area contributed by atoms with E-state index in [2.05, 4.69) is 5.32 Å². The molecule has 0 saturated heterocycles. The monoisotopic (exact) mass is 278 g/mol. The van der Waals surface area contributed by atoms with E-state index in [-0.39, 0.29) is 23.2 Å². The summed E-state index contributed by atoms with van der Waals surface area (Å²) in [5.41, 5.74) is -0.0144. The van der Waals surface area contributed by atoms with Crippen LogP contribution in [0.1, 0.15) is 19.3 Å². The van der Waals surface area contributed by atoms with E-state index in [1.807, 2.05) is 0 Å². The molecule has 2 aliphatic rings. The van der Waals surface area contributed by atoms with Gasteiger partial charge < -0.3 is 14.8 Å². The molecule has 0 bridgehead atoms. The van der Waals surface area contributed by atoms with Crippen LogP contribution < -0.4 is 14.8 Å². The van der Waals surface area contributed by atoms with E-state index < -0.39 is 4.92 Å². The van der Waals surface area contributed by atoms with Crippen molar-refractivity contribution in [3.63, 3.8) is 0 Å². The number of nitrogens with one attached hydrogen (secondary N) is 1. The van der Waals surface area contributed by atoms with E-state index in [0.717, 1.165) is 12.8 Å². The summed E-state index contributed by atoms with van der Waals surface area (Å²) in [5.74, 6) is 0.575. The van der Waals surface area contributed by atoms with Gasteiger partial charge in [-0.05, 0) is 12.8 Å². The first-order valence-corrected chi connectivity index (χ1v) is 6.54. The van der Waals surface area contributed by atoms with E-state index >= 15 is 0 Å². The number of nitro benzene ring substituents is 1. The van der Waals surface area contributed by atoms with Crippen LogP contribution >= 0.6 is 0 Å². The maximum Gasteiger partial charge on any atom is 0.296 e. The maximum atomic E-state index is 11.8. The lowest BCUT2D eigenvalue weighted by Crippen LogP contribution is -2.14. The van der Waals surface area contributed by atoms with Gasteiger partial charge in [0.2, 0.25) is 5.91 Å². The minimum atomic E-state index is -0.531. The van der Waals surface area contributed by atoms with Crippen molar-refractivity contribution in [1.82, 2.24) is 0 Å². The first kappa shape index (κ1) is 12.7. The highest BCUT2D eigenvalue weighted by molar-refractivity contribution is 5.96.